The summed E-state index contributed by atoms with van der Waals surface area (Å²) in [5, 5.41) is 2.92. The lowest BCUT2D eigenvalue weighted by molar-refractivity contribution is 0.0780. The number of pyridine rings is 1. The Labute approximate surface area is 157 Å². The number of carbonyl (C=O) groups is 2. The third-order valence-electron chi connectivity index (χ3n) is 4.88. The van der Waals surface area contributed by atoms with Gasteiger partial charge >= 0.3 is 0 Å². The summed E-state index contributed by atoms with van der Waals surface area (Å²) in [7, 11) is 0. The molecular weight excluding hydrogens is 340 g/mol. The number of hydrogen-bond donors (Lipinski definition) is 1. The first-order valence-corrected chi connectivity index (χ1v) is 9.23. The van der Waals surface area contributed by atoms with Gasteiger partial charge in [-0.3, -0.25) is 14.0 Å². The molecular formula is C21H22N4O2. The van der Waals surface area contributed by atoms with Crippen molar-refractivity contribution < 1.29 is 9.59 Å². The van der Waals surface area contributed by atoms with Gasteiger partial charge in [0, 0.05) is 25.8 Å². The third kappa shape index (κ3) is 3.43. The van der Waals surface area contributed by atoms with Crippen molar-refractivity contribution in [1.82, 2.24) is 19.6 Å². The molecule has 138 valence electrons. The van der Waals surface area contributed by atoms with Gasteiger partial charge in [-0.05, 0) is 37.5 Å². The van der Waals surface area contributed by atoms with Gasteiger partial charge in [-0.1, -0.05) is 35.9 Å². The molecule has 1 fully saturated rings. The molecule has 0 aliphatic carbocycles. The van der Waals surface area contributed by atoms with Gasteiger partial charge in [0.2, 0.25) is 5.82 Å². The van der Waals surface area contributed by atoms with Crippen LogP contribution in [-0.2, 0) is 6.54 Å². The maximum Gasteiger partial charge on any atom is 0.290 e. The predicted octanol–water partition coefficient (Wildman–Crippen LogP) is 2.81. The maximum absolute atomic E-state index is 12.8. The number of benzene rings is 1. The topological polar surface area (TPSA) is 66.7 Å². The van der Waals surface area contributed by atoms with E-state index in [4.69, 9.17) is 0 Å². The van der Waals surface area contributed by atoms with Crippen LogP contribution in [0, 0.1) is 6.92 Å². The molecule has 3 aromatic rings. The van der Waals surface area contributed by atoms with E-state index in [9.17, 15) is 9.59 Å². The molecule has 6 nitrogen and oxygen atoms in total. The fourth-order valence-corrected chi connectivity index (χ4v) is 3.51. The molecule has 1 aromatic carbocycles. The number of imidazole rings is 1. The second kappa shape index (κ2) is 7.23. The van der Waals surface area contributed by atoms with Gasteiger partial charge in [-0.15, -0.1) is 0 Å². The second-order valence-electron chi connectivity index (χ2n) is 6.91. The van der Waals surface area contributed by atoms with Crippen molar-refractivity contribution in [3.05, 3.63) is 71.3 Å². The van der Waals surface area contributed by atoms with E-state index in [1.54, 1.807) is 15.5 Å². The van der Waals surface area contributed by atoms with Crippen LogP contribution in [0.3, 0.4) is 0 Å². The van der Waals surface area contributed by atoms with Gasteiger partial charge in [-0.25, -0.2) is 4.98 Å². The Morgan fingerprint density at radius 3 is 2.70 bits per heavy atom. The average molecular weight is 362 g/mol. The minimum atomic E-state index is -0.277. The summed E-state index contributed by atoms with van der Waals surface area (Å²) in [6, 6.07) is 13.5. The summed E-state index contributed by atoms with van der Waals surface area (Å²) in [6.07, 6.45) is 3.81. The fraction of sp³-hybridized carbons (Fsp3) is 0.286. The number of likely N-dealkylation sites (tertiary alicyclic amines) is 1. The molecule has 0 radical (unpaired) electrons. The minimum absolute atomic E-state index is 0.119. The van der Waals surface area contributed by atoms with Crippen LogP contribution >= 0.6 is 0 Å². The van der Waals surface area contributed by atoms with E-state index in [-0.39, 0.29) is 17.5 Å². The van der Waals surface area contributed by atoms with E-state index >= 15 is 0 Å². The van der Waals surface area contributed by atoms with Crippen LogP contribution in [0.5, 0.6) is 0 Å². The van der Waals surface area contributed by atoms with Crippen LogP contribution in [-0.4, -0.2) is 39.2 Å². The SMILES string of the molecule is Cc1cccc(CNC(=O)c2nc(C(=O)N3CCCC3)n3ccccc23)c1. The first kappa shape index (κ1) is 17.3. The van der Waals surface area contributed by atoms with E-state index in [1.807, 2.05) is 49.4 Å². The Hall–Kier alpha value is -3.15. The normalized spacial score (nSPS) is 13.9. The number of carbonyl (C=O) groups excluding carboxylic acids is 2. The van der Waals surface area contributed by atoms with Gasteiger partial charge < -0.3 is 10.2 Å². The van der Waals surface area contributed by atoms with E-state index in [0.29, 0.717) is 17.9 Å². The highest BCUT2D eigenvalue weighted by Gasteiger charge is 2.26. The van der Waals surface area contributed by atoms with Crippen molar-refractivity contribution in [3.63, 3.8) is 0 Å². The van der Waals surface area contributed by atoms with Crippen LogP contribution in [0.25, 0.3) is 5.52 Å². The van der Waals surface area contributed by atoms with Crippen molar-refractivity contribution in [2.75, 3.05) is 13.1 Å². The molecule has 1 saturated heterocycles. The molecule has 1 aliphatic rings. The van der Waals surface area contributed by atoms with Crippen molar-refractivity contribution >= 4 is 17.3 Å². The zero-order valence-corrected chi connectivity index (χ0v) is 15.3. The highest BCUT2D eigenvalue weighted by atomic mass is 16.2. The second-order valence-corrected chi connectivity index (χ2v) is 6.91. The molecule has 0 saturated carbocycles. The number of nitrogens with one attached hydrogen (secondary N) is 1. The largest absolute Gasteiger partial charge is 0.347 e. The van der Waals surface area contributed by atoms with Gasteiger partial charge in [-0.2, -0.15) is 0 Å². The van der Waals surface area contributed by atoms with Crippen LogP contribution in [0.1, 0.15) is 45.1 Å². The number of aromatic nitrogens is 2. The molecule has 1 aliphatic heterocycles. The molecule has 6 heteroatoms. The van der Waals surface area contributed by atoms with Crippen LogP contribution in [0.15, 0.2) is 48.7 Å². The number of aryl methyl sites for hydroxylation is 1. The molecule has 27 heavy (non-hydrogen) atoms. The molecule has 0 bridgehead atoms. The summed E-state index contributed by atoms with van der Waals surface area (Å²) in [5.74, 6) is -0.0969. The lowest BCUT2D eigenvalue weighted by Gasteiger charge is -2.13. The van der Waals surface area contributed by atoms with E-state index in [2.05, 4.69) is 10.3 Å². The zero-order chi connectivity index (χ0) is 18.8. The number of amides is 2. The van der Waals surface area contributed by atoms with Gasteiger partial charge in [0.05, 0.1) is 5.52 Å². The van der Waals surface area contributed by atoms with Crippen molar-refractivity contribution in [2.24, 2.45) is 0 Å². The quantitative estimate of drug-likeness (QED) is 0.776. The summed E-state index contributed by atoms with van der Waals surface area (Å²) >= 11 is 0. The minimum Gasteiger partial charge on any atom is -0.347 e. The first-order chi connectivity index (χ1) is 13.1. The summed E-state index contributed by atoms with van der Waals surface area (Å²) in [4.78, 5) is 31.8. The molecule has 0 unspecified atom stereocenters. The smallest absolute Gasteiger partial charge is 0.290 e. The molecule has 2 aromatic heterocycles. The number of rotatable bonds is 4. The number of fused-ring (bicyclic) bond motifs is 1. The predicted molar refractivity (Wildman–Crippen MR) is 103 cm³/mol. The molecule has 0 atom stereocenters. The molecule has 0 spiro atoms. The summed E-state index contributed by atoms with van der Waals surface area (Å²) in [6.45, 7) is 3.93. The third-order valence-corrected chi connectivity index (χ3v) is 4.88. The molecule has 3 heterocycles. The lowest BCUT2D eigenvalue weighted by atomic mass is 10.1. The van der Waals surface area contributed by atoms with E-state index in [0.717, 1.165) is 37.1 Å². The number of nitrogens with zero attached hydrogens (tertiary/aromatic N) is 3. The molecule has 4 rings (SSSR count). The van der Waals surface area contributed by atoms with Crippen LogP contribution in [0.2, 0.25) is 0 Å². The Morgan fingerprint density at radius 2 is 1.93 bits per heavy atom. The standard InChI is InChI=1S/C21H22N4O2/c1-15-7-6-8-16(13-15)14-22-20(26)18-17-9-2-3-12-25(17)19(23-18)21(27)24-10-4-5-11-24/h2-3,6-9,12-13H,4-5,10-11,14H2,1H3,(H,22,26). The Kier molecular flexibility index (Phi) is 4.62. The number of hydrogen-bond acceptors (Lipinski definition) is 3. The lowest BCUT2D eigenvalue weighted by Crippen LogP contribution is -2.29. The monoisotopic (exact) mass is 362 g/mol. The molecule has 2 amide bonds. The van der Waals surface area contributed by atoms with Crippen molar-refractivity contribution in [2.45, 2.75) is 26.3 Å². The summed E-state index contributed by atoms with van der Waals surface area (Å²) in [5.41, 5.74) is 3.10. The first-order valence-electron chi connectivity index (χ1n) is 9.23. The summed E-state index contributed by atoms with van der Waals surface area (Å²) < 4.78 is 1.71. The highest BCUT2D eigenvalue weighted by molar-refractivity contribution is 6.02. The fourth-order valence-electron chi connectivity index (χ4n) is 3.51. The van der Waals surface area contributed by atoms with Crippen LogP contribution < -0.4 is 5.32 Å². The Bertz CT molecular complexity index is 1000. The van der Waals surface area contributed by atoms with Crippen LogP contribution in [0.4, 0.5) is 0 Å². The van der Waals surface area contributed by atoms with Crippen molar-refractivity contribution in [3.8, 4) is 0 Å². The van der Waals surface area contributed by atoms with Gasteiger partial charge in [0.15, 0.2) is 5.69 Å². The average Bonchev–Trinajstić information content (AvgIpc) is 3.34. The Balaban J connectivity index is 1.61. The van der Waals surface area contributed by atoms with Gasteiger partial charge in [0.1, 0.15) is 0 Å². The highest BCUT2D eigenvalue weighted by Crippen LogP contribution is 2.17. The van der Waals surface area contributed by atoms with Crippen molar-refractivity contribution in [1.29, 1.82) is 0 Å². The van der Waals surface area contributed by atoms with E-state index in [1.165, 1.54) is 0 Å². The Morgan fingerprint density at radius 1 is 1.11 bits per heavy atom. The van der Waals surface area contributed by atoms with Gasteiger partial charge in [0.25, 0.3) is 11.8 Å². The maximum atomic E-state index is 12.8. The molecule has 1 N–H and O–H groups in total. The van der Waals surface area contributed by atoms with E-state index < -0.39 is 0 Å². The zero-order valence-electron chi connectivity index (χ0n) is 15.3.